The summed E-state index contributed by atoms with van der Waals surface area (Å²) >= 11 is 0. The fourth-order valence-electron chi connectivity index (χ4n) is 2.04. The second-order valence-electron chi connectivity index (χ2n) is 5.63. The number of hydrogen-bond acceptors (Lipinski definition) is 6. The Kier molecular flexibility index (Phi) is 8.60. The molecule has 0 aromatic heterocycles. The van der Waals surface area contributed by atoms with Crippen molar-refractivity contribution in [3.63, 3.8) is 0 Å². The molecule has 0 fully saturated rings. The molecule has 0 amide bonds. The van der Waals surface area contributed by atoms with Crippen LogP contribution in [-0.2, 0) is 34.1 Å². The fraction of sp³-hybridized carbons (Fsp3) is 0.471. The maximum absolute atomic E-state index is 13.9. The first kappa shape index (κ1) is 23.6. The molecule has 1 aromatic rings. The highest BCUT2D eigenvalue weighted by Crippen LogP contribution is 2.25. The highest BCUT2D eigenvalue weighted by atomic mass is 28.4. The van der Waals surface area contributed by atoms with E-state index in [-0.39, 0.29) is 19.3 Å². The van der Waals surface area contributed by atoms with Crippen LogP contribution in [0.1, 0.15) is 45.6 Å². The summed E-state index contributed by atoms with van der Waals surface area (Å²) in [5, 5.41) is 0. The quantitative estimate of drug-likeness (QED) is 0.261. The van der Waals surface area contributed by atoms with E-state index >= 15 is 0 Å². The summed E-state index contributed by atoms with van der Waals surface area (Å²) in [6, 6.07) is -0.102. The van der Waals surface area contributed by atoms with Crippen LogP contribution in [-0.4, -0.2) is 26.7 Å². The smallest absolute Gasteiger partial charge is 0.455 e. The van der Waals surface area contributed by atoms with Crippen molar-refractivity contribution >= 4 is 26.7 Å². The van der Waals surface area contributed by atoms with Gasteiger partial charge in [0.2, 0.25) is 0 Å². The Morgan fingerprint density at radius 1 is 0.786 bits per heavy atom. The van der Waals surface area contributed by atoms with Crippen LogP contribution in [0.5, 0.6) is 0 Å². The average molecular weight is 424 g/mol. The van der Waals surface area contributed by atoms with E-state index in [9.17, 15) is 31.9 Å². The van der Waals surface area contributed by atoms with Gasteiger partial charge in [-0.2, -0.15) is 0 Å². The van der Waals surface area contributed by atoms with Crippen LogP contribution < -0.4 is 0 Å². The number of halogens is 4. The number of carbonyl (C=O) groups excluding carboxylic acids is 3. The lowest BCUT2D eigenvalue weighted by molar-refractivity contribution is -0.150. The number of aryl methyl sites for hydroxylation is 1. The lowest BCUT2D eigenvalue weighted by atomic mass is 10.1. The third kappa shape index (κ3) is 6.04. The molecule has 1 rings (SSSR count). The van der Waals surface area contributed by atoms with Crippen molar-refractivity contribution in [3.8, 4) is 0 Å². The van der Waals surface area contributed by atoms with Crippen LogP contribution in [0.3, 0.4) is 0 Å². The first-order valence-electron chi connectivity index (χ1n) is 8.56. The highest BCUT2D eigenvalue weighted by Gasteiger charge is 2.52. The number of rotatable bonds is 9. The summed E-state index contributed by atoms with van der Waals surface area (Å²) in [5.74, 6) is -9.81. The van der Waals surface area contributed by atoms with E-state index in [2.05, 4.69) is 0 Å². The molecule has 0 radical (unpaired) electrons. The van der Waals surface area contributed by atoms with Crippen molar-refractivity contribution in [2.75, 3.05) is 0 Å². The van der Waals surface area contributed by atoms with E-state index in [0.29, 0.717) is 6.07 Å². The molecule has 0 atom stereocenters. The Balaban J connectivity index is 3.27. The molecule has 0 unspecified atom stereocenters. The molecule has 0 bridgehead atoms. The summed E-state index contributed by atoms with van der Waals surface area (Å²) in [7, 11) is -4.36. The molecule has 0 aliphatic heterocycles. The fourth-order valence-corrected chi connectivity index (χ4v) is 4.52. The third-order valence-corrected chi connectivity index (χ3v) is 6.03. The second kappa shape index (κ2) is 10.2. The van der Waals surface area contributed by atoms with Gasteiger partial charge in [-0.05, 0) is 18.1 Å². The van der Waals surface area contributed by atoms with Gasteiger partial charge in [0.15, 0.2) is 23.3 Å². The molecule has 0 saturated heterocycles. The van der Waals surface area contributed by atoms with Gasteiger partial charge in [0.25, 0.3) is 17.9 Å². The van der Waals surface area contributed by atoms with Crippen LogP contribution in [0.4, 0.5) is 17.6 Å². The highest BCUT2D eigenvalue weighted by molar-refractivity contribution is 6.65. The van der Waals surface area contributed by atoms with Gasteiger partial charge < -0.3 is 13.3 Å². The summed E-state index contributed by atoms with van der Waals surface area (Å²) in [6.07, 6.45) is -0.972. The van der Waals surface area contributed by atoms with Gasteiger partial charge in [0.05, 0.1) is 6.04 Å². The molecule has 0 spiro atoms. The molecule has 6 nitrogen and oxygen atoms in total. The molecule has 0 heterocycles. The Labute approximate surface area is 160 Å². The zero-order chi connectivity index (χ0) is 21.5. The molecule has 156 valence electrons. The predicted octanol–water partition coefficient (Wildman–Crippen LogP) is 3.58. The van der Waals surface area contributed by atoms with Gasteiger partial charge in [0.1, 0.15) is 0 Å². The Morgan fingerprint density at radius 2 is 1.21 bits per heavy atom. The molecule has 28 heavy (non-hydrogen) atoms. The van der Waals surface area contributed by atoms with Crippen LogP contribution in [0.15, 0.2) is 6.07 Å². The number of benzene rings is 1. The van der Waals surface area contributed by atoms with E-state index in [1.807, 2.05) is 0 Å². The minimum absolute atomic E-state index is 0.143. The molecule has 0 N–H and O–H groups in total. The van der Waals surface area contributed by atoms with Gasteiger partial charge >= 0.3 is 8.80 Å². The van der Waals surface area contributed by atoms with Gasteiger partial charge in [-0.1, -0.05) is 20.8 Å². The summed E-state index contributed by atoms with van der Waals surface area (Å²) in [5.41, 5.74) is -0.596. The first-order valence-corrected chi connectivity index (χ1v) is 10.5. The van der Waals surface area contributed by atoms with E-state index in [1.54, 1.807) is 0 Å². The lowest BCUT2D eigenvalue weighted by Gasteiger charge is -2.27. The van der Waals surface area contributed by atoms with Gasteiger partial charge in [0, 0.05) is 19.3 Å². The lowest BCUT2D eigenvalue weighted by Crippen LogP contribution is -2.50. The minimum atomic E-state index is -4.36. The molecular formula is C17H20F4O6Si. The normalized spacial score (nSPS) is 11.1. The van der Waals surface area contributed by atoms with Crippen molar-refractivity contribution in [3.05, 3.63) is 34.9 Å². The molecule has 0 aliphatic carbocycles. The molecule has 1 aromatic carbocycles. The van der Waals surface area contributed by atoms with Gasteiger partial charge in [-0.15, -0.1) is 0 Å². The van der Waals surface area contributed by atoms with Crippen LogP contribution in [0.2, 0.25) is 6.04 Å². The number of carbonyl (C=O) groups is 3. The van der Waals surface area contributed by atoms with Gasteiger partial charge in [-0.3, -0.25) is 14.4 Å². The van der Waals surface area contributed by atoms with Gasteiger partial charge in [-0.25, -0.2) is 17.6 Å². The Bertz CT molecular complexity index is 710. The van der Waals surface area contributed by atoms with E-state index in [0.717, 1.165) is 0 Å². The maximum Gasteiger partial charge on any atom is 0.705 e. The minimum Gasteiger partial charge on any atom is -0.455 e. The molecule has 0 aliphatic rings. The van der Waals surface area contributed by atoms with E-state index < -0.39 is 68.0 Å². The number of hydrogen-bond donors (Lipinski definition) is 0. The monoisotopic (exact) mass is 424 g/mol. The average Bonchev–Trinajstić information content (AvgIpc) is 2.67. The molecular weight excluding hydrogens is 404 g/mol. The Morgan fingerprint density at radius 3 is 1.61 bits per heavy atom. The maximum atomic E-state index is 13.9. The SMILES string of the molecule is CCC(=O)O[Si](CCc1cc(F)c(F)c(F)c1F)(OC(=O)CC)OC(=O)CC. The van der Waals surface area contributed by atoms with Crippen molar-refractivity contribution in [1.29, 1.82) is 0 Å². The summed E-state index contributed by atoms with van der Waals surface area (Å²) in [4.78, 5) is 35.4. The predicted molar refractivity (Wildman–Crippen MR) is 89.7 cm³/mol. The van der Waals surface area contributed by atoms with Crippen molar-refractivity contribution in [2.24, 2.45) is 0 Å². The second-order valence-corrected chi connectivity index (χ2v) is 8.10. The van der Waals surface area contributed by atoms with Crippen LogP contribution >= 0.6 is 0 Å². The van der Waals surface area contributed by atoms with Crippen molar-refractivity contribution in [1.82, 2.24) is 0 Å². The Hall–Kier alpha value is -2.43. The van der Waals surface area contributed by atoms with Crippen LogP contribution in [0, 0.1) is 23.3 Å². The van der Waals surface area contributed by atoms with Crippen molar-refractivity contribution in [2.45, 2.75) is 52.5 Å². The molecule has 11 heteroatoms. The van der Waals surface area contributed by atoms with E-state index in [1.165, 1.54) is 20.8 Å². The summed E-state index contributed by atoms with van der Waals surface area (Å²) in [6.45, 7) is 4.32. The van der Waals surface area contributed by atoms with E-state index in [4.69, 9.17) is 13.3 Å². The van der Waals surface area contributed by atoms with Crippen LogP contribution in [0.25, 0.3) is 0 Å². The zero-order valence-corrected chi connectivity index (χ0v) is 16.6. The third-order valence-electron chi connectivity index (χ3n) is 3.55. The standard InChI is InChI=1S/C17H20F4O6Si/c1-4-12(22)25-28(26-13(23)5-2,27-14(24)6-3)8-7-10-9-11(18)16(20)17(21)15(10)19/h9H,4-8H2,1-3H3. The largest absolute Gasteiger partial charge is 0.705 e. The molecule has 0 saturated carbocycles. The topological polar surface area (TPSA) is 78.9 Å². The first-order chi connectivity index (χ1) is 13.1. The summed E-state index contributed by atoms with van der Waals surface area (Å²) < 4.78 is 69.2. The van der Waals surface area contributed by atoms with Crippen molar-refractivity contribution < 1.29 is 45.2 Å². The zero-order valence-electron chi connectivity index (χ0n) is 15.6.